The molecular weight excluding hydrogens is 398 g/mol. The van der Waals surface area contributed by atoms with Crippen LogP contribution in [0.1, 0.15) is 49.6 Å². The molecule has 0 saturated carbocycles. The lowest BCUT2D eigenvalue weighted by Crippen LogP contribution is -2.28. The van der Waals surface area contributed by atoms with Gasteiger partial charge in [0.05, 0.1) is 11.3 Å². The summed E-state index contributed by atoms with van der Waals surface area (Å²) in [6.45, 7) is 6.88. The highest BCUT2D eigenvalue weighted by atomic mass is 32.2. The van der Waals surface area contributed by atoms with Crippen LogP contribution in [0.5, 0.6) is 0 Å². The van der Waals surface area contributed by atoms with Gasteiger partial charge in [0.25, 0.3) is 0 Å². The van der Waals surface area contributed by atoms with Crippen LogP contribution in [0.15, 0.2) is 4.34 Å². The summed E-state index contributed by atoms with van der Waals surface area (Å²) in [4.78, 5) is 13.6. The van der Waals surface area contributed by atoms with Crippen LogP contribution in [0.4, 0.5) is 10.1 Å². The number of fused-ring (bicyclic) bond motifs is 1. The summed E-state index contributed by atoms with van der Waals surface area (Å²) in [7, 11) is 0. The van der Waals surface area contributed by atoms with Gasteiger partial charge in [-0.2, -0.15) is 5.26 Å². The van der Waals surface area contributed by atoms with Crippen LogP contribution in [0.2, 0.25) is 0 Å². The second kappa shape index (κ2) is 8.17. The van der Waals surface area contributed by atoms with Gasteiger partial charge in [-0.1, -0.05) is 50.3 Å². The monoisotopic (exact) mass is 421 g/mol. The number of thioether (sulfide) groups is 1. The fourth-order valence-electron chi connectivity index (χ4n) is 3.32. The van der Waals surface area contributed by atoms with Crippen molar-refractivity contribution in [2.24, 2.45) is 11.3 Å². The smallest absolute Gasteiger partial charge is 0.235 e. The number of amides is 1. The minimum absolute atomic E-state index is 0.144. The number of nitrogen functional groups attached to an aromatic ring is 1. The summed E-state index contributed by atoms with van der Waals surface area (Å²) in [6, 6.07) is 2.31. The Balaban J connectivity index is 1.70. The molecule has 9 heteroatoms. The number of nitrogens with zero attached hydrogens (tertiary/aromatic N) is 3. The van der Waals surface area contributed by atoms with Gasteiger partial charge in [-0.3, -0.25) is 4.79 Å². The molecule has 3 rings (SSSR count). The van der Waals surface area contributed by atoms with E-state index in [-0.39, 0.29) is 17.1 Å². The summed E-state index contributed by atoms with van der Waals surface area (Å²) in [5.74, 6) is 0.685. The predicted molar refractivity (Wildman–Crippen MR) is 112 cm³/mol. The average molecular weight is 422 g/mol. The van der Waals surface area contributed by atoms with E-state index in [1.165, 1.54) is 28.0 Å². The third-order valence-corrected chi connectivity index (χ3v) is 8.45. The van der Waals surface area contributed by atoms with Crippen molar-refractivity contribution < 1.29 is 4.79 Å². The Morgan fingerprint density at radius 2 is 2.22 bits per heavy atom. The first-order chi connectivity index (χ1) is 12.8. The van der Waals surface area contributed by atoms with E-state index in [2.05, 4.69) is 42.4 Å². The molecule has 0 unspecified atom stereocenters. The molecule has 3 N–H and O–H groups in total. The lowest BCUT2D eigenvalue weighted by atomic mass is 9.69. The number of nitriles is 1. The fourth-order valence-corrected chi connectivity index (χ4v) is 6.05. The van der Waals surface area contributed by atoms with Gasteiger partial charge in [-0.25, -0.2) is 0 Å². The van der Waals surface area contributed by atoms with Crippen molar-refractivity contribution in [3.63, 3.8) is 0 Å². The van der Waals surface area contributed by atoms with Gasteiger partial charge in [0.1, 0.15) is 11.1 Å². The number of carbonyl (C=O) groups excluding carboxylic acids is 1. The van der Waals surface area contributed by atoms with Crippen molar-refractivity contribution in [1.82, 2.24) is 10.2 Å². The minimum atomic E-state index is -0.144. The second-order valence-electron chi connectivity index (χ2n) is 7.34. The first-order valence-electron chi connectivity index (χ1n) is 8.90. The third kappa shape index (κ3) is 4.45. The number of nitrogens with one attached hydrogen (secondary N) is 1. The quantitative estimate of drug-likeness (QED) is 0.673. The van der Waals surface area contributed by atoms with Crippen LogP contribution >= 0.6 is 34.4 Å². The summed E-state index contributed by atoms with van der Waals surface area (Å²) in [6.07, 6.45) is 4.14. The molecule has 2 heterocycles. The van der Waals surface area contributed by atoms with Crippen LogP contribution in [0.25, 0.3) is 0 Å². The van der Waals surface area contributed by atoms with Crippen molar-refractivity contribution in [3.8, 4) is 6.07 Å². The van der Waals surface area contributed by atoms with Crippen molar-refractivity contribution in [2.75, 3.05) is 16.8 Å². The zero-order chi connectivity index (χ0) is 19.6. The highest BCUT2D eigenvalue weighted by Gasteiger charge is 2.34. The summed E-state index contributed by atoms with van der Waals surface area (Å²) in [5, 5.41) is 21.3. The number of carbonyl (C=O) groups is 1. The molecule has 0 saturated heterocycles. The van der Waals surface area contributed by atoms with E-state index in [0.717, 1.165) is 31.2 Å². The van der Waals surface area contributed by atoms with Gasteiger partial charge in [0.15, 0.2) is 4.34 Å². The minimum Gasteiger partial charge on any atom is -0.374 e. The van der Waals surface area contributed by atoms with E-state index in [1.54, 1.807) is 11.3 Å². The van der Waals surface area contributed by atoms with Crippen LogP contribution in [0, 0.1) is 22.7 Å². The Morgan fingerprint density at radius 1 is 1.44 bits per heavy atom. The van der Waals surface area contributed by atoms with Gasteiger partial charge in [0, 0.05) is 4.88 Å². The standard InChI is InChI=1S/C18H23N5OS3/c1-4-18(2,3)10-5-6-11-12(8-19)15(26-13(11)7-10)21-14(24)9-25-17-23-22-16(20)27-17/h10H,4-7,9H2,1-3H3,(H2,20,22)(H,21,24)/t10-/m0/s1. The predicted octanol–water partition coefficient (Wildman–Crippen LogP) is 4.33. The molecule has 0 bridgehead atoms. The molecule has 2 aromatic heterocycles. The largest absolute Gasteiger partial charge is 0.374 e. The third-order valence-electron chi connectivity index (χ3n) is 5.40. The lowest BCUT2D eigenvalue weighted by Gasteiger charge is -2.36. The normalized spacial score (nSPS) is 16.6. The second-order valence-corrected chi connectivity index (χ2v) is 10.7. The summed E-state index contributed by atoms with van der Waals surface area (Å²) >= 11 is 4.12. The molecule has 27 heavy (non-hydrogen) atoms. The maximum atomic E-state index is 12.3. The highest BCUT2D eigenvalue weighted by Crippen LogP contribution is 2.45. The van der Waals surface area contributed by atoms with Gasteiger partial charge in [-0.05, 0) is 36.2 Å². The van der Waals surface area contributed by atoms with Gasteiger partial charge in [-0.15, -0.1) is 21.5 Å². The van der Waals surface area contributed by atoms with Crippen molar-refractivity contribution in [3.05, 3.63) is 16.0 Å². The highest BCUT2D eigenvalue weighted by molar-refractivity contribution is 8.01. The molecule has 144 valence electrons. The molecule has 2 aromatic rings. The van der Waals surface area contributed by atoms with Crippen molar-refractivity contribution in [2.45, 2.75) is 50.8 Å². The number of anilines is 2. The van der Waals surface area contributed by atoms with Gasteiger partial charge >= 0.3 is 0 Å². The molecule has 0 fully saturated rings. The molecule has 1 aliphatic rings. The maximum absolute atomic E-state index is 12.3. The number of nitrogens with two attached hydrogens (primary N) is 1. The van der Waals surface area contributed by atoms with E-state index in [9.17, 15) is 10.1 Å². The van der Waals surface area contributed by atoms with Crippen LogP contribution in [-0.2, 0) is 17.6 Å². The number of hydrogen-bond donors (Lipinski definition) is 2. The summed E-state index contributed by atoms with van der Waals surface area (Å²) < 4.78 is 0.665. The summed E-state index contributed by atoms with van der Waals surface area (Å²) in [5.41, 5.74) is 7.61. The van der Waals surface area contributed by atoms with Gasteiger partial charge in [0.2, 0.25) is 11.0 Å². The average Bonchev–Trinajstić information content (AvgIpc) is 3.21. The first kappa shape index (κ1) is 20.1. The SMILES string of the molecule is CCC(C)(C)[C@H]1CCc2c(sc(NC(=O)CSc3nnc(N)s3)c2C#N)C1. The van der Waals surface area contributed by atoms with E-state index >= 15 is 0 Å². The van der Waals surface area contributed by atoms with Crippen LogP contribution < -0.4 is 11.1 Å². The van der Waals surface area contributed by atoms with Gasteiger partial charge < -0.3 is 11.1 Å². The Bertz CT molecular complexity index is 880. The van der Waals surface area contributed by atoms with E-state index < -0.39 is 0 Å². The number of aromatic nitrogens is 2. The first-order valence-corrected chi connectivity index (χ1v) is 11.5. The molecular formula is C18H23N5OS3. The van der Waals surface area contributed by atoms with E-state index in [4.69, 9.17) is 5.73 Å². The van der Waals surface area contributed by atoms with E-state index in [1.807, 2.05) is 0 Å². The number of hydrogen-bond acceptors (Lipinski definition) is 8. The molecule has 6 nitrogen and oxygen atoms in total. The molecule has 0 spiro atoms. The Morgan fingerprint density at radius 3 is 2.85 bits per heavy atom. The zero-order valence-electron chi connectivity index (χ0n) is 15.7. The fraction of sp³-hybridized carbons (Fsp3) is 0.556. The Labute approximate surface area is 171 Å². The molecule has 0 aliphatic heterocycles. The van der Waals surface area contributed by atoms with Crippen molar-refractivity contribution >= 4 is 50.5 Å². The Kier molecular flexibility index (Phi) is 6.08. The molecule has 0 aromatic carbocycles. The molecule has 1 aliphatic carbocycles. The van der Waals surface area contributed by atoms with Crippen LogP contribution in [0.3, 0.4) is 0 Å². The zero-order valence-corrected chi connectivity index (χ0v) is 18.1. The van der Waals surface area contributed by atoms with E-state index in [0.29, 0.717) is 26.0 Å². The van der Waals surface area contributed by atoms with Crippen LogP contribution in [-0.4, -0.2) is 21.9 Å². The van der Waals surface area contributed by atoms with Crippen molar-refractivity contribution in [1.29, 1.82) is 5.26 Å². The molecule has 1 amide bonds. The molecule has 0 radical (unpaired) electrons. The Hall–Kier alpha value is -1.63. The topological polar surface area (TPSA) is 105 Å². The maximum Gasteiger partial charge on any atom is 0.235 e. The number of thiophene rings is 1. The number of rotatable bonds is 6. The lowest BCUT2D eigenvalue weighted by molar-refractivity contribution is -0.113. The molecule has 1 atom stereocenters.